The van der Waals surface area contributed by atoms with Crippen LogP contribution in [0.15, 0.2) is 24.3 Å². The standard InChI is InChI=1S/C16H24FN3O.ClH/c1-12-6-8-20(13(10-12)11-18)9-7-16(21)19-15-5-3-2-4-14(15)17;/h2-5,12-13H,6-11,18H2,1H3,(H,19,21);1H. The molecule has 124 valence electrons. The van der Waals surface area contributed by atoms with Gasteiger partial charge in [-0.05, 0) is 37.4 Å². The molecule has 1 aromatic carbocycles. The van der Waals surface area contributed by atoms with Gasteiger partial charge >= 0.3 is 0 Å². The molecule has 0 spiro atoms. The van der Waals surface area contributed by atoms with Crippen LogP contribution in [0.4, 0.5) is 10.1 Å². The number of nitrogens with two attached hydrogens (primary N) is 1. The number of halogens is 2. The molecule has 2 unspecified atom stereocenters. The number of amides is 1. The van der Waals surface area contributed by atoms with Crippen molar-refractivity contribution in [1.29, 1.82) is 0 Å². The minimum atomic E-state index is -0.405. The average Bonchev–Trinajstić information content (AvgIpc) is 2.48. The number of carbonyl (C=O) groups is 1. The number of nitrogens with zero attached hydrogens (tertiary/aromatic N) is 1. The molecule has 1 heterocycles. The fourth-order valence-corrected chi connectivity index (χ4v) is 2.86. The lowest BCUT2D eigenvalue weighted by atomic mass is 9.92. The van der Waals surface area contributed by atoms with Crippen LogP contribution in [0.1, 0.15) is 26.2 Å². The minimum absolute atomic E-state index is 0. The van der Waals surface area contributed by atoms with Crippen LogP contribution in [0.3, 0.4) is 0 Å². The van der Waals surface area contributed by atoms with E-state index in [0.717, 1.165) is 19.4 Å². The molecule has 22 heavy (non-hydrogen) atoms. The third-order valence-corrected chi connectivity index (χ3v) is 4.15. The smallest absolute Gasteiger partial charge is 0.225 e. The summed E-state index contributed by atoms with van der Waals surface area (Å²) in [6.45, 7) is 4.52. The largest absolute Gasteiger partial charge is 0.329 e. The molecule has 1 aliphatic heterocycles. The van der Waals surface area contributed by atoms with E-state index < -0.39 is 5.82 Å². The molecule has 0 radical (unpaired) electrons. The lowest BCUT2D eigenvalue weighted by Gasteiger charge is -2.37. The summed E-state index contributed by atoms with van der Waals surface area (Å²) >= 11 is 0. The van der Waals surface area contributed by atoms with Gasteiger partial charge in [0, 0.05) is 25.6 Å². The Bertz CT molecular complexity index is 486. The van der Waals surface area contributed by atoms with Crippen molar-refractivity contribution in [1.82, 2.24) is 4.90 Å². The number of benzene rings is 1. The molecule has 1 aromatic rings. The Morgan fingerprint density at radius 3 is 2.86 bits per heavy atom. The van der Waals surface area contributed by atoms with Crippen molar-refractivity contribution in [2.75, 3.05) is 25.0 Å². The molecule has 1 aliphatic rings. The van der Waals surface area contributed by atoms with Gasteiger partial charge in [-0.15, -0.1) is 12.4 Å². The van der Waals surface area contributed by atoms with Gasteiger partial charge < -0.3 is 11.1 Å². The zero-order valence-electron chi connectivity index (χ0n) is 12.9. The molecule has 0 saturated carbocycles. The van der Waals surface area contributed by atoms with Gasteiger partial charge in [-0.2, -0.15) is 0 Å². The van der Waals surface area contributed by atoms with Crippen molar-refractivity contribution >= 4 is 24.0 Å². The number of carbonyl (C=O) groups excluding carboxylic acids is 1. The van der Waals surface area contributed by atoms with Crippen LogP contribution >= 0.6 is 12.4 Å². The summed E-state index contributed by atoms with van der Waals surface area (Å²) in [4.78, 5) is 14.2. The van der Waals surface area contributed by atoms with Crippen LogP contribution < -0.4 is 11.1 Å². The number of anilines is 1. The van der Waals surface area contributed by atoms with Crippen molar-refractivity contribution in [2.45, 2.75) is 32.2 Å². The van der Waals surface area contributed by atoms with E-state index in [1.807, 2.05) is 0 Å². The molecule has 2 rings (SSSR count). The van der Waals surface area contributed by atoms with E-state index in [9.17, 15) is 9.18 Å². The Labute approximate surface area is 137 Å². The highest BCUT2D eigenvalue weighted by atomic mass is 35.5. The lowest BCUT2D eigenvalue weighted by molar-refractivity contribution is -0.116. The first-order chi connectivity index (χ1) is 10.1. The third kappa shape index (κ3) is 5.23. The highest BCUT2D eigenvalue weighted by molar-refractivity contribution is 5.90. The molecule has 0 bridgehead atoms. The minimum Gasteiger partial charge on any atom is -0.329 e. The molecule has 1 fully saturated rings. The first-order valence-corrected chi connectivity index (χ1v) is 7.58. The Hall–Kier alpha value is -1.17. The van der Waals surface area contributed by atoms with Gasteiger partial charge in [0.2, 0.25) is 5.91 Å². The Morgan fingerprint density at radius 2 is 2.18 bits per heavy atom. The summed E-state index contributed by atoms with van der Waals surface area (Å²) < 4.78 is 13.5. The maximum absolute atomic E-state index is 13.5. The van der Waals surface area contributed by atoms with Crippen LogP contribution in [-0.4, -0.2) is 36.5 Å². The number of rotatable bonds is 5. The van der Waals surface area contributed by atoms with Crippen LogP contribution in [0, 0.1) is 11.7 Å². The topological polar surface area (TPSA) is 58.4 Å². The van der Waals surface area contributed by atoms with E-state index in [-0.39, 0.29) is 24.0 Å². The highest BCUT2D eigenvalue weighted by Crippen LogP contribution is 2.22. The SMILES string of the molecule is CC1CCN(CCC(=O)Nc2ccccc2F)C(CN)C1.Cl. The predicted molar refractivity (Wildman–Crippen MR) is 89.7 cm³/mol. The van der Waals surface area contributed by atoms with E-state index in [0.29, 0.717) is 31.5 Å². The normalized spacial score (nSPS) is 22.0. The quantitative estimate of drug-likeness (QED) is 0.873. The first-order valence-electron chi connectivity index (χ1n) is 7.58. The fourth-order valence-electron chi connectivity index (χ4n) is 2.86. The van der Waals surface area contributed by atoms with Crippen molar-refractivity contribution in [3.05, 3.63) is 30.1 Å². The second-order valence-electron chi connectivity index (χ2n) is 5.83. The molecule has 1 saturated heterocycles. The number of hydrogen-bond acceptors (Lipinski definition) is 3. The van der Waals surface area contributed by atoms with Crippen molar-refractivity contribution in [3.8, 4) is 0 Å². The fraction of sp³-hybridized carbons (Fsp3) is 0.562. The molecule has 3 N–H and O–H groups in total. The maximum atomic E-state index is 13.5. The molecular formula is C16H25ClFN3O. The summed E-state index contributed by atoms with van der Waals surface area (Å²) in [6, 6.07) is 6.57. The van der Waals surface area contributed by atoms with E-state index in [1.54, 1.807) is 18.2 Å². The number of piperidine rings is 1. The van der Waals surface area contributed by atoms with Crippen LogP contribution in [0.2, 0.25) is 0 Å². The summed E-state index contributed by atoms with van der Waals surface area (Å²) in [5.41, 5.74) is 6.05. The highest BCUT2D eigenvalue weighted by Gasteiger charge is 2.25. The van der Waals surface area contributed by atoms with Gasteiger partial charge in [-0.3, -0.25) is 9.69 Å². The van der Waals surface area contributed by atoms with E-state index >= 15 is 0 Å². The molecule has 0 aromatic heterocycles. The predicted octanol–water partition coefficient (Wildman–Crippen LogP) is 2.64. The Balaban J connectivity index is 0.00000242. The van der Waals surface area contributed by atoms with E-state index in [2.05, 4.69) is 17.1 Å². The lowest BCUT2D eigenvalue weighted by Crippen LogP contribution is -2.47. The van der Waals surface area contributed by atoms with Crippen LogP contribution in [-0.2, 0) is 4.79 Å². The number of para-hydroxylation sites is 1. The van der Waals surface area contributed by atoms with Gasteiger partial charge in [-0.1, -0.05) is 19.1 Å². The number of likely N-dealkylation sites (tertiary alicyclic amines) is 1. The van der Waals surface area contributed by atoms with Gasteiger partial charge in [-0.25, -0.2) is 4.39 Å². The summed E-state index contributed by atoms with van der Waals surface area (Å²) in [7, 11) is 0. The molecule has 0 aliphatic carbocycles. The monoisotopic (exact) mass is 329 g/mol. The molecule has 6 heteroatoms. The first kappa shape index (κ1) is 18.9. The molecule has 4 nitrogen and oxygen atoms in total. The van der Waals surface area contributed by atoms with Gasteiger partial charge in [0.1, 0.15) is 5.82 Å². The van der Waals surface area contributed by atoms with Crippen molar-refractivity contribution < 1.29 is 9.18 Å². The number of hydrogen-bond donors (Lipinski definition) is 2. The van der Waals surface area contributed by atoms with Crippen LogP contribution in [0.5, 0.6) is 0 Å². The summed E-state index contributed by atoms with van der Waals surface area (Å²) in [6.07, 6.45) is 2.59. The average molecular weight is 330 g/mol. The maximum Gasteiger partial charge on any atom is 0.225 e. The van der Waals surface area contributed by atoms with Gasteiger partial charge in [0.15, 0.2) is 0 Å². The number of nitrogens with one attached hydrogen (secondary N) is 1. The zero-order valence-corrected chi connectivity index (χ0v) is 13.7. The third-order valence-electron chi connectivity index (χ3n) is 4.15. The second-order valence-corrected chi connectivity index (χ2v) is 5.83. The zero-order chi connectivity index (χ0) is 15.2. The van der Waals surface area contributed by atoms with E-state index in [1.165, 1.54) is 6.07 Å². The Morgan fingerprint density at radius 1 is 1.45 bits per heavy atom. The Kier molecular flexibility index (Phi) is 7.79. The molecular weight excluding hydrogens is 305 g/mol. The van der Waals surface area contributed by atoms with E-state index in [4.69, 9.17) is 5.73 Å². The molecule has 2 atom stereocenters. The van der Waals surface area contributed by atoms with Crippen LogP contribution in [0.25, 0.3) is 0 Å². The van der Waals surface area contributed by atoms with Gasteiger partial charge in [0.05, 0.1) is 5.69 Å². The van der Waals surface area contributed by atoms with Gasteiger partial charge in [0.25, 0.3) is 0 Å². The summed E-state index contributed by atoms with van der Waals surface area (Å²) in [5, 5.41) is 2.62. The molecule has 1 amide bonds. The second kappa shape index (κ2) is 9.08. The van der Waals surface area contributed by atoms with Crippen molar-refractivity contribution in [3.63, 3.8) is 0 Å². The summed E-state index contributed by atoms with van der Waals surface area (Å²) in [5.74, 6) is 0.133. The van der Waals surface area contributed by atoms with Crippen molar-refractivity contribution in [2.24, 2.45) is 11.7 Å².